The molecule has 0 radical (unpaired) electrons. The third kappa shape index (κ3) is 3.95. The zero-order valence-corrected chi connectivity index (χ0v) is 14.5. The van der Waals surface area contributed by atoms with Gasteiger partial charge < -0.3 is 15.4 Å². The number of nitrogens with two attached hydrogens (primary N) is 1. The van der Waals surface area contributed by atoms with Crippen molar-refractivity contribution in [2.45, 2.75) is 89.0 Å². The minimum absolute atomic E-state index is 0. The number of amides is 1. The van der Waals surface area contributed by atoms with Crippen molar-refractivity contribution in [1.29, 1.82) is 0 Å². The molecule has 0 bridgehead atoms. The first-order valence-electron chi connectivity index (χ1n) is 8.90. The van der Waals surface area contributed by atoms with Gasteiger partial charge in [0.25, 0.3) is 5.91 Å². The normalized spacial score (nSPS) is 35.0. The van der Waals surface area contributed by atoms with Crippen molar-refractivity contribution in [1.82, 2.24) is 4.90 Å². The van der Waals surface area contributed by atoms with Crippen molar-refractivity contribution in [3.63, 3.8) is 0 Å². The maximum absolute atomic E-state index is 12.9. The molecular weight excluding hydrogens is 300 g/mol. The summed E-state index contributed by atoms with van der Waals surface area (Å²) in [6.45, 7) is 2.82. The van der Waals surface area contributed by atoms with Gasteiger partial charge in [-0.15, -0.1) is 12.4 Å². The molecule has 0 aromatic carbocycles. The Morgan fingerprint density at radius 3 is 2.09 bits per heavy atom. The van der Waals surface area contributed by atoms with Crippen LogP contribution in [-0.4, -0.2) is 41.6 Å². The Morgan fingerprint density at radius 2 is 1.64 bits per heavy atom. The molecule has 2 saturated carbocycles. The van der Waals surface area contributed by atoms with Crippen LogP contribution in [0.2, 0.25) is 0 Å². The maximum Gasteiger partial charge on any atom is 0.252 e. The highest BCUT2D eigenvalue weighted by molar-refractivity contribution is 5.85. The smallest absolute Gasteiger partial charge is 0.252 e. The Morgan fingerprint density at radius 1 is 1.05 bits per heavy atom. The molecule has 0 spiro atoms. The second-order valence-corrected chi connectivity index (χ2v) is 7.12. The zero-order chi connectivity index (χ0) is 14.8. The largest absolute Gasteiger partial charge is 0.364 e. The first-order chi connectivity index (χ1) is 10.2. The topological polar surface area (TPSA) is 55.6 Å². The summed E-state index contributed by atoms with van der Waals surface area (Å²) in [5.74, 6) is 1.13. The molecule has 2 N–H and O–H groups in total. The monoisotopic (exact) mass is 330 g/mol. The molecule has 3 aliphatic rings. The molecule has 1 aliphatic heterocycles. The van der Waals surface area contributed by atoms with Gasteiger partial charge in [-0.3, -0.25) is 4.79 Å². The molecule has 1 amide bonds. The Labute approximate surface area is 140 Å². The van der Waals surface area contributed by atoms with Crippen LogP contribution in [0.25, 0.3) is 0 Å². The van der Waals surface area contributed by atoms with Crippen LogP contribution >= 0.6 is 12.4 Å². The van der Waals surface area contributed by atoms with Crippen molar-refractivity contribution in [2.24, 2.45) is 11.7 Å². The van der Waals surface area contributed by atoms with E-state index in [4.69, 9.17) is 10.5 Å². The van der Waals surface area contributed by atoms with Gasteiger partial charge in [-0.2, -0.15) is 0 Å². The minimum atomic E-state index is -0.219. The molecule has 3 fully saturated rings. The lowest BCUT2D eigenvalue weighted by Crippen LogP contribution is -2.48. The van der Waals surface area contributed by atoms with E-state index in [1.54, 1.807) is 0 Å². The van der Waals surface area contributed by atoms with Crippen molar-refractivity contribution in [3.8, 4) is 0 Å². The predicted molar refractivity (Wildman–Crippen MR) is 90.1 cm³/mol. The first kappa shape index (κ1) is 18.0. The van der Waals surface area contributed by atoms with Crippen molar-refractivity contribution >= 4 is 18.3 Å². The van der Waals surface area contributed by atoms with Crippen LogP contribution in [0, 0.1) is 5.92 Å². The Balaban J connectivity index is 0.00000176. The second-order valence-electron chi connectivity index (χ2n) is 7.12. The average Bonchev–Trinajstić information content (AvgIpc) is 3.23. The quantitative estimate of drug-likeness (QED) is 0.843. The van der Waals surface area contributed by atoms with Crippen LogP contribution in [0.3, 0.4) is 0 Å². The summed E-state index contributed by atoms with van der Waals surface area (Å²) in [6, 6.07) is 0.967. The van der Waals surface area contributed by atoms with Crippen LogP contribution in [0.15, 0.2) is 0 Å². The van der Waals surface area contributed by atoms with Gasteiger partial charge in [0.1, 0.15) is 6.10 Å². The number of rotatable bonds is 5. The number of halogens is 1. The maximum atomic E-state index is 12.9. The van der Waals surface area contributed by atoms with E-state index in [2.05, 4.69) is 11.8 Å². The van der Waals surface area contributed by atoms with E-state index in [-0.39, 0.29) is 30.5 Å². The molecule has 2 aliphatic carbocycles. The van der Waals surface area contributed by atoms with Crippen LogP contribution in [-0.2, 0) is 9.53 Å². The summed E-state index contributed by atoms with van der Waals surface area (Å²) < 4.78 is 5.85. The van der Waals surface area contributed by atoms with E-state index in [0.29, 0.717) is 18.6 Å². The van der Waals surface area contributed by atoms with Crippen molar-refractivity contribution < 1.29 is 9.53 Å². The molecule has 0 aromatic rings. The molecule has 3 rings (SSSR count). The summed E-state index contributed by atoms with van der Waals surface area (Å²) in [6.07, 6.45) is 10.3. The molecule has 4 nitrogen and oxygen atoms in total. The van der Waals surface area contributed by atoms with Gasteiger partial charge in [0.05, 0.1) is 6.10 Å². The molecule has 2 atom stereocenters. The highest BCUT2D eigenvalue weighted by Gasteiger charge is 2.43. The Bertz CT molecular complexity index is 368. The Hall–Kier alpha value is -0.320. The third-order valence-electron chi connectivity index (χ3n) is 5.63. The van der Waals surface area contributed by atoms with Crippen LogP contribution in [0.4, 0.5) is 0 Å². The fourth-order valence-corrected chi connectivity index (χ4v) is 4.07. The van der Waals surface area contributed by atoms with Gasteiger partial charge in [-0.1, -0.05) is 13.3 Å². The summed E-state index contributed by atoms with van der Waals surface area (Å²) in [4.78, 5) is 15.1. The molecule has 128 valence electrons. The van der Waals surface area contributed by atoms with E-state index in [1.807, 2.05) is 0 Å². The van der Waals surface area contributed by atoms with Crippen LogP contribution in [0.1, 0.15) is 64.7 Å². The van der Waals surface area contributed by atoms with Gasteiger partial charge in [-0.05, 0) is 57.3 Å². The van der Waals surface area contributed by atoms with Gasteiger partial charge in [0, 0.05) is 18.6 Å². The number of hydrogen-bond acceptors (Lipinski definition) is 3. The standard InChI is InChI=1S/C17H30N2O2.ClH/c1-2-12-3-5-13(6-4-12)19(14-7-8-14)17(20)16-10-9-15(11-18)21-16;/h12-16H,2-11,18H2,1H3;1H/t12?,13?,15-,16+;/m1./s1. The van der Waals surface area contributed by atoms with Gasteiger partial charge in [0.2, 0.25) is 0 Å². The first-order valence-corrected chi connectivity index (χ1v) is 8.90. The second kappa shape index (κ2) is 7.98. The predicted octanol–water partition coefficient (Wildman–Crippen LogP) is 2.87. The molecular formula is C17H31ClN2O2. The molecule has 1 saturated heterocycles. The SMILES string of the molecule is CCC1CCC(N(C(=O)[C@@H]2CC[C@H](CN)O2)C2CC2)CC1.Cl. The van der Waals surface area contributed by atoms with Crippen molar-refractivity contribution in [3.05, 3.63) is 0 Å². The highest BCUT2D eigenvalue weighted by Crippen LogP contribution is 2.37. The Kier molecular flexibility index (Phi) is 6.54. The molecule has 22 heavy (non-hydrogen) atoms. The number of nitrogens with zero attached hydrogens (tertiary/aromatic N) is 1. The van der Waals surface area contributed by atoms with E-state index in [1.165, 1.54) is 44.9 Å². The zero-order valence-electron chi connectivity index (χ0n) is 13.7. The fourth-order valence-electron chi connectivity index (χ4n) is 4.07. The lowest BCUT2D eigenvalue weighted by molar-refractivity contribution is -0.146. The number of carbonyl (C=O) groups excluding carboxylic acids is 1. The van der Waals surface area contributed by atoms with Crippen molar-refractivity contribution in [2.75, 3.05) is 6.54 Å². The highest BCUT2D eigenvalue weighted by atomic mass is 35.5. The molecule has 1 heterocycles. The number of hydrogen-bond donors (Lipinski definition) is 1. The van der Waals surface area contributed by atoms with Gasteiger partial charge in [0.15, 0.2) is 0 Å². The summed E-state index contributed by atoms with van der Waals surface area (Å²) in [7, 11) is 0. The lowest BCUT2D eigenvalue weighted by Gasteiger charge is -2.38. The van der Waals surface area contributed by atoms with Gasteiger partial charge in [-0.25, -0.2) is 0 Å². The number of ether oxygens (including phenoxy) is 1. The van der Waals surface area contributed by atoms with Crippen LogP contribution < -0.4 is 5.73 Å². The molecule has 0 aromatic heterocycles. The summed E-state index contributed by atoms with van der Waals surface area (Å²) in [5, 5.41) is 0. The third-order valence-corrected chi connectivity index (χ3v) is 5.63. The van der Waals surface area contributed by atoms with E-state index in [9.17, 15) is 4.79 Å². The van der Waals surface area contributed by atoms with Crippen LogP contribution in [0.5, 0.6) is 0 Å². The van der Waals surface area contributed by atoms with E-state index >= 15 is 0 Å². The molecule has 5 heteroatoms. The summed E-state index contributed by atoms with van der Waals surface area (Å²) >= 11 is 0. The van der Waals surface area contributed by atoms with E-state index in [0.717, 1.165) is 18.8 Å². The van der Waals surface area contributed by atoms with E-state index < -0.39 is 0 Å². The summed E-state index contributed by atoms with van der Waals surface area (Å²) in [5.41, 5.74) is 5.67. The average molecular weight is 331 g/mol. The molecule has 0 unspecified atom stereocenters. The number of carbonyl (C=O) groups is 1. The minimum Gasteiger partial charge on any atom is -0.364 e. The lowest BCUT2D eigenvalue weighted by atomic mass is 9.83. The fraction of sp³-hybridized carbons (Fsp3) is 0.941. The van der Waals surface area contributed by atoms with Gasteiger partial charge >= 0.3 is 0 Å².